The molecule has 2 heterocycles. The molecule has 10 heteroatoms. The van der Waals surface area contributed by atoms with Crippen molar-refractivity contribution in [2.75, 3.05) is 11.9 Å². The topological polar surface area (TPSA) is 89.6 Å². The summed E-state index contributed by atoms with van der Waals surface area (Å²) in [6, 6.07) is 6.21. The number of anilines is 1. The summed E-state index contributed by atoms with van der Waals surface area (Å²) < 4.78 is 50.9. The molecule has 0 radical (unpaired) electrons. The fraction of sp³-hybridized carbons (Fsp3) is 0.350. The number of benzene rings is 1. The lowest BCUT2D eigenvalue weighted by atomic mass is 9.78. The fourth-order valence-corrected chi connectivity index (χ4v) is 3.34. The summed E-state index contributed by atoms with van der Waals surface area (Å²) in [5.74, 6) is -5.37. The number of ether oxygens (including phenoxy) is 1. The first-order valence-electron chi connectivity index (χ1n) is 8.96. The molecule has 30 heavy (non-hydrogen) atoms. The number of aliphatic imine (C=N–C) groups is 1. The number of alkyl halides is 2. The molecule has 1 amide bonds. The van der Waals surface area contributed by atoms with Crippen LogP contribution in [0.4, 0.5) is 18.9 Å². The molecular weight excluding hydrogens is 421 g/mol. The molecule has 160 valence electrons. The number of nitrogens with two attached hydrogens (primary N) is 1. The van der Waals surface area contributed by atoms with E-state index in [1.165, 1.54) is 38.2 Å². The second-order valence-electron chi connectivity index (χ2n) is 7.56. The van der Waals surface area contributed by atoms with Crippen LogP contribution in [0.2, 0.25) is 5.02 Å². The van der Waals surface area contributed by atoms with Crippen molar-refractivity contribution in [2.24, 2.45) is 10.7 Å². The number of hydrogen-bond donors (Lipinski definition) is 2. The van der Waals surface area contributed by atoms with Crippen molar-refractivity contribution in [3.05, 3.63) is 58.6 Å². The number of pyridine rings is 1. The van der Waals surface area contributed by atoms with Gasteiger partial charge in [-0.3, -0.25) is 9.79 Å². The molecule has 0 bridgehead atoms. The van der Waals surface area contributed by atoms with E-state index in [-0.39, 0.29) is 23.8 Å². The Morgan fingerprint density at radius 1 is 1.23 bits per heavy atom. The molecule has 0 saturated carbocycles. The Labute approximate surface area is 176 Å². The fourth-order valence-electron chi connectivity index (χ4n) is 3.23. The number of halogens is 4. The SMILES string of the molecule is CC1(C)OCC(N)=NC(C)(c2cc(NC(=O)c3ccc(Cl)cn3)ccc2F)C1(F)F. The van der Waals surface area contributed by atoms with E-state index in [1.54, 1.807) is 0 Å². The van der Waals surface area contributed by atoms with E-state index >= 15 is 8.78 Å². The van der Waals surface area contributed by atoms with Crippen molar-refractivity contribution >= 4 is 29.0 Å². The number of amidine groups is 1. The Kier molecular flexibility index (Phi) is 5.55. The third-order valence-electron chi connectivity index (χ3n) is 5.02. The predicted octanol–water partition coefficient (Wildman–Crippen LogP) is 4.14. The third kappa shape index (κ3) is 3.75. The Bertz CT molecular complexity index is 1010. The predicted molar refractivity (Wildman–Crippen MR) is 108 cm³/mol. The van der Waals surface area contributed by atoms with Crippen LogP contribution in [0, 0.1) is 5.82 Å². The molecule has 0 spiro atoms. The normalized spacial score (nSPS) is 22.7. The monoisotopic (exact) mass is 440 g/mol. The molecular formula is C20H20ClF3N4O2. The Hall–Kier alpha value is -2.65. The van der Waals surface area contributed by atoms with E-state index < -0.39 is 34.4 Å². The molecule has 1 atom stereocenters. The minimum absolute atomic E-state index is 0.0491. The highest BCUT2D eigenvalue weighted by atomic mass is 35.5. The molecule has 1 aromatic carbocycles. The average Bonchev–Trinajstić information content (AvgIpc) is 2.73. The lowest BCUT2D eigenvalue weighted by molar-refractivity contribution is -0.214. The van der Waals surface area contributed by atoms with Crippen molar-refractivity contribution < 1.29 is 22.7 Å². The molecule has 0 saturated heterocycles. The van der Waals surface area contributed by atoms with Crippen molar-refractivity contribution in [3.8, 4) is 0 Å². The van der Waals surface area contributed by atoms with Crippen molar-refractivity contribution in [3.63, 3.8) is 0 Å². The number of carbonyl (C=O) groups excluding carboxylic acids is 1. The van der Waals surface area contributed by atoms with Crippen LogP contribution in [0.5, 0.6) is 0 Å². The summed E-state index contributed by atoms with van der Waals surface area (Å²) in [6.45, 7) is 3.14. The molecule has 1 aliphatic heterocycles. The van der Waals surface area contributed by atoms with Crippen molar-refractivity contribution in [1.82, 2.24) is 4.98 Å². The summed E-state index contributed by atoms with van der Waals surface area (Å²) in [5.41, 5.74) is 1.07. The van der Waals surface area contributed by atoms with Crippen LogP contribution in [-0.4, -0.2) is 34.9 Å². The van der Waals surface area contributed by atoms with Gasteiger partial charge in [0.05, 0.1) is 5.02 Å². The quantitative estimate of drug-likeness (QED) is 0.750. The van der Waals surface area contributed by atoms with E-state index in [9.17, 15) is 9.18 Å². The molecule has 1 aromatic heterocycles. The molecule has 3 N–H and O–H groups in total. The highest BCUT2D eigenvalue weighted by Gasteiger charge is 2.63. The second kappa shape index (κ2) is 7.55. The van der Waals surface area contributed by atoms with Gasteiger partial charge in [-0.2, -0.15) is 0 Å². The number of carbonyl (C=O) groups is 1. The summed E-state index contributed by atoms with van der Waals surface area (Å²) in [7, 11) is 0. The van der Waals surface area contributed by atoms with Crippen molar-refractivity contribution in [2.45, 2.75) is 37.8 Å². The molecule has 6 nitrogen and oxygen atoms in total. The number of hydrogen-bond acceptors (Lipinski definition) is 5. The number of rotatable bonds is 3. The third-order valence-corrected chi connectivity index (χ3v) is 5.25. The van der Waals surface area contributed by atoms with Gasteiger partial charge in [0.2, 0.25) is 0 Å². The Morgan fingerprint density at radius 2 is 1.93 bits per heavy atom. The molecule has 2 aromatic rings. The maximum absolute atomic E-state index is 15.5. The summed E-state index contributed by atoms with van der Waals surface area (Å²) in [6.07, 6.45) is 1.29. The maximum atomic E-state index is 15.5. The maximum Gasteiger partial charge on any atom is 0.304 e. The smallest absolute Gasteiger partial charge is 0.304 e. The molecule has 0 aliphatic carbocycles. The zero-order valence-corrected chi connectivity index (χ0v) is 17.2. The van der Waals surface area contributed by atoms with Crippen LogP contribution < -0.4 is 11.1 Å². The Balaban J connectivity index is 2.04. The van der Waals surface area contributed by atoms with Crippen LogP contribution in [0.1, 0.15) is 36.8 Å². The van der Waals surface area contributed by atoms with Gasteiger partial charge in [0.1, 0.15) is 29.6 Å². The van der Waals surface area contributed by atoms with Crippen LogP contribution in [0.25, 0.3) is 0 Å². The first kappa shape index (κ1) is 22.0. The minimum atomic E-state index is -3.64. The summed E-state index contributed by atoms with van der Waals surface area (Å²) in [4.78, 5) is 20.2. The van der Waals surface area contributed by atoms with Gasteiger partial charge in [-0.15, -0.1) is 0 Å². The van der Waals surface area contributed by atoms with Gasteiger partial charge in [-0.1, -0.05) is 11.6 Å². The van der Waals surface area contributed by atoms with Gasteiger partial charge in [0, 0.05) is 17.4 Å². The van der Waals surface area contributed by atoms with Gasteiger partial charge in [0.25, 0.3) is 5.91 Å². The van der Waals surface area contributed by atoms with Crippen LogP contribution in [0.15, 0.2) is 41.5 Å². The minimum Gasteiger partial charge on any atom is -0.385 e. The second-order valence-corrected chi connectivity index (χ2v) is 8.00. The molecule has 1 aliphatic rings. The lowest BCUT2D eigenvalue weighted by Crippen LogP contribution is -2.56. The first-order chi connectivity index (χ1) is 13.9. The zero-order chi connectivity index (χ0) is 22.3. The summed E-state index contributed by atoms with van der Waals surface area (Å²) in [5, 5.41) is 2.86. The standard InChI is InChI=1S/C20H20ClF3N4O2/c1-18(2)20(23,24)19(3,28-16(25)10-30-18)13-8-12(5-6-14(13)22)27-17(29)15-7-4-11(21)9-26-15/h4-9H,10H2,1-3H3,(H2,25,28)(H,27,29). The van der Waals surface area contributed by atoms with E-state index in [2.05, 4.69) is 15.3 Å². The van der Waals surface area contributed by atoms with Crippen LogP contribution in [0.3, 0.4) is 0 Å². The van der Waals surface area contributed by atoms with Gasteiger partial charge < -0.3 is 15.8 Å². The number of nitrogens with one attached hydrogen (secondary N) is 1. The van der Waals surface area contributed by atoms with E-state index in [1.807, 2.05) is 0 Å². The average molecular weight is 441 g/mol. The van der Waals surface area contributed by atoms with Gasteiger partial charge in [-0.25, -0.2) is 18.2 Å². The van der Waals surface area contributed by atoms with Crippen LogP contribution in [-0.2, 0) is 10.3 Å². The summed E-state index contributed by atoms with van der Waals surface area (Å²) >= 11 is 5.75. The Morgan fingerprint density at radius 3 is 2.57 bits per heavy atom. The number of nitrogens with zero attached hydrogens (tertiary/aromatic N) is 2. The molecule has 3 rings (SSSR count). The highest BCUT2D eigenvalue weighted by Crippen LogP contribution is 2.50. The highest BCUT2D eigenvalue weighted by molar-refractivity contribution is 6.30. The number of aromatic nitrogens is 1. The van der Waals surface area contributed by atoms with Crippen molar-refractivity contribution in [1.29, 1.82) is 0 Å². The lowest BCUT2D eigenvalue weighted by Gasteiger charge is -2.42. The molecule has 0 fully saturated rings. The van der Waals surface area contributed by atoms with Gasteiger partial charge in [0.15, 0.2) is 5.54 Å². The largest absolute Gasteiger partial charge is 0.385 e. The van der Waals surface area contributed by atoms with E-state index in [0.717, 1.165) is 19.1 Å². The van der Waals surface area contributed by atoms with E-state index in [4.69, 9.17) is 22.1 Å². The zero-order valence-electron chi connectivity index (χ0n) is 16.5. The number of amides is 1. The first-order valence-corrected chi connectivity index (χ1v) is 9.34. The molecule has 1 unspecified atom stereocenters. The van der Waals surface area contributed by atoms with Gasteiger partial charge in [-0.05, 0) is 51.1 Å². The van der Waals surface area contributed by atoms with Crippen LogP contribution >= 0.6 is 11.6 Å². The van der Waals surface area contributed by atoms with E-state index in [0.29, 0.717) is 5.02 Å². The van der Waals surface area contributed by atoms with Gasteiger partial charge >= 0.3 is 5.92 Å².